The fraction of sp³-hybridized carbons (Fsp3) is 0.556. The van der Waals surface area contributed by atoms with E-state index in [1.807, 2.05) is 12.1 Å². The van der Waals surface area contributed by atoms with Gasteiger partial charge in [0.05, 0.1) is 9.88 Å². The molecule has 2 rings (SSSR count). The van der Waals surface area contributed by atoms with Gasteiger partial charge in [0.1, 0.15) is 0 Å². The van der Waals surface area contributed by atoms with Crippen LogP contribution in [-0.2, 0) is 5.54 Å². The van der Waals surface area contributed by atoms with Gasteiger partial charge in [-0.25, -0.2) is 0 Å². The molecular formula is C9H12ClNS. The van der Waals surface area contributed by atoms with E-state index in [0.29, 0.717) is 0 Å². The van der Waals surface area contributed by atoms with Gasteiger partial charge in [-0.1, -0.05) is 25.4 Å². The van der Waals surface area contributed by atoms with Gasteiger partial charge in [-0.15, -0.1) is 11.3 Å². The molecule has 0 aliphatic heterocycles. The Kier molecular flexibility index (Phi) is 1.60. The van der Waals surface area contributed by atoms with E-state index in [4.69, 9.17) is 17.3 Å². The zero-order valence-electron chi connectivity index (χ0n) is 7.23. The molecule has 0 bridgehead atoms. The van der Waals surface area contributed by atoms with Crippen LogP contribution < -0.4 is 5.73 Å². The fourth-order valence-electron chi connectivity index (χ4n) is 1.63. The van der Waals surface area contributed by atoms with Crippen molar-refractivity contribution in [3.8, 4) is 0 Å². The SMILES string of the molecule is CC1(C)CC1(N)c1ccc(Cl)s1. The lowest BCUT2D eigenvalue weighted by Crippen LogP contribution is -2.23. The van der Waals surface area contributed by atoms with Crippen LogP contribution in [0.3, 0.4) is 0 Å². The molecule has 2 N–H and O–H groups in total. The van der Waals surface area contributed by atoms with Crippen molar-refractivity contribution >= 4 is 22.9 Å². The summed E-state index contributed by atoms with van der Waals surface area (Å²) in [4.78, 5) is 1.22. The highest BCUT2D eigenvalue weighted by Gasteiger charge is 2.60. The first-order valence-corrected chi connectivity index (χ1v) is 5.20. The molecule has 1 aliphatic carbocycles. The monoisotopic (exact) mass is 201 g/mol. The molecule has 0 aromatic carbocycles. The first kappa shape index (κ1) is 8.54. The summed E-state index contributed by atoms with van der Waals surface area (Å²) < 4.78 is 0.831. The van der Waals surface area contributed by atoms with Crippen molar-refractivity contribution in [1.29, 1.82) is 0 Å². The summed E-state index contributed by atoms with van der Waals surface area (Å²) in [6.45, 7) is 4.39. The van der Waals surface area contributed by atoms with Gasteiger partial charge in [0.15, 0.2) is 0 Å². The molecule has 0 saturated heterocycles. The second kappa shape index (κ2) is 2.25. The van der Waals surface area contributed by atoms with Crippen molar-refractivity contribution in [2.75, 3.05) is 0 Å². The first-order valence-electron chi connectivity index (χ1n) is 4.00. The average Bonchev–Trinajstić information content (AvgIpc) is 2.37. The molecule has 66 valence electrons. The highest BCUT2D eigenvalue weighted by atomic mass is 35.5. The number of thiophene rings is 1. The molecule has 12 heavy (non-hydrogen) atoms. The van der Waals surface area contributed by atoms with Crippen LogP contribution >= 0.6 is 22.9 Å². The second-order valence-electron chi connectivity index (χ2n) is 4.14. The van der Waals surface area contributed by atoms with Gasteiger partial charge in [0, 0.05) is 4.88 Å². The van der Waals surface area contributed by atoms with Crippen molar-refractivity contribution in [2.45, 2.75) is 25.8 Å². The van der Waals surface area contributed by atoms with Crippen LogP contribution in [0.2, 0.25) is 4.34 Å². The molecule has 1 unspecified atom stereocenters. The van der Waals surface area contributed by atoms with E-state index < -0.39 is 0 Å². The number of halogens is 1. The molecular weight excluding hydrogens is 190 g/mol. The lowest BCUT2D eigenvalue weighted by molar-refractivity contribution is 0.516. The molecule has 1 aromatic heterocycles. The van der Waals surface area contributed by atoms with Crippen LogP contribution in [0.5, 0.6) is 0 Å². The van der Waals surface area contributed by atoms with Crippen molar-refractivity contribution in [1.82, 2.24) is 0 Å². The molecule has 1 aliphatic rings. The van der Waals surface area contributed by atoms with Crippen LogP contribution in [0, 0.1) is 5.41 Å². The maximum Gasteiger partial charge on any atom is 0.0931 e. The Morgan fingerprint density at radius 2 is 2.08 bits per heavy atom. The third-order valence-electron chi connectivity index (χ3n) is 2.82. The van der Waals surface area contributed by atoms with Crippen LogP contribution in [0.25, 0.3) is 0 Å². The van der Waals surface area contributed by atoms with Crippen LogP contribution in [0.1, 0.15) is 25.1 Å². The van der Waals surface area contributed by atoms with Gasteiger partial charge in [0.2, 0.25) is 0 Å². The third kappa shape index (κ3) is 1.02. The van der Waals surface area contributed by atoms with Crippen molar-refractivity contribution in [3.63, 3.8) is 0 Å². The molecule has 1 nitrogen and oxygen atoms in total. The summed E-state index contributed by atoms with van der Waals surface area (Å²) >= 11 is 7.45. The van der Waals surface area contributed by atoms with E-state index in [1.54, 1.807) is 11.3 Å². The molecule has 1 saturated carbocycles. The summed E-state index contributed by atoms with van der Waals surface area (Å²) in [6, 6.07) is 3.96. The third-order valence-corrected chi connectivity index (χ3v) is 4.23. The summed E-state index contributed by atoms with van der Waals surface area (Å²) in [7, 11) is 0. The Labute approximate surface area is 81.5 Å². The normalized spacial score (nSPS) is 32.0. The highest BCUT2D eigenvalue weighted by molar-refractivity contribution is 7.16. The molecule has 1 heterocycles. The predicted octanol–water partition coefficient (Wildman–Crippen LogP) is 2.99. The Balaban J connectivity index is 2.34. The van der Waals surface area contributed by atoms with Crippen LogP contribution in [0.15, 0.2) is 12.1 Å². The van der Waals surface area contributed by atoms with Gasteiger partial charge in [0.25, 0.3) is 0 Å². The fourth-order valence-corrected chi connectivity index (χ4v) is 2.95. The minimum atomic E-state index is -0.106. The van der Waals surface area contributed by atoms with Crippen LogP contribution in [-0.4, -0.2) is 0 Å². The van der Waals surface area contributed by atoms with Gasteiger partial charge in [-0.05, 0) is 24.0 Å². The average molecular weight is 202 g/mol. The van der Waals surface area contributed by atoms with Gasteiger partial charge in [-0.3, -0.25) is 0 Å². The number of rotatable bonds is 1. The quantitative estimate of drug-likeness (QED) is 0.743. The van der Waals surface area contributed by atoms with E-state index in [9.17, 15) is 0 Å². The molecule has 0 spiro atoms. The number of nitrogens with two attached hydrogens (primary N) is 1. The van der Waals surface area contributed by atoms with E-state index in [2.05, 4.69) is 13.8 Å². The zero-order chi connectivity index (χ0) is 8.98. The number of hydrogen-bond donors (Lipinski definition) is 1. The largest absolute Gasteiger partial charge is 0.320 e. The van der Waals surface area contributed by atoms with Crippen molar-refractivity contribution in [2.24, 2.45) is 11.1 Å². The lowest BCUT2D eigenvalue weighted by Gasteiger charge is -2.11. The molecule has 3 heteroatoms. The minimum absolute atomic E-state index is 0.106. The van der Waals surface area contributed by atoms with E-state index in [1.165, 1.54) is 4.88 Å². The van der Waals surface area contributed by atoms with E-state index >= 15 is 0 Å². The highest BCUT2D eigenvalue weighted by Crippen LogP contribution is 2.61. The maximum absolute atomic E-state index is 6.21. The zero-order valence-corrected chi connectivity index (χ0v) is 8.80. The smallest absolute Gasteiger partial charge is 0.0931 e. The first-order chi connectivity index (χ1) is 5.46. The van der Waals surface area contributed by atoms with E-state index in [-0.39, 0.29) is 11.0 Å². The maximum atomic E-state index is 6.21. The summed E-state index contributed by atoms with van der Waals surface area (Å²) in [6.07, 6.45) is 1.07. The Hall–Kier alpha value is -0.0500. The van der Waals surface area contributed by atoms with Gasteiger partial charge >= 0.3 is 0 Å². The van der Waals surface area contributed by atoms with Gasteiger partial charge in [-0.2, -0.15) is 0 Å². The Morgan fingerprint density at radius 3 is 2.42 bits per heavy atom. The standard InChI is InChI=1S/C9H12ClNS/c1-8(2)5-9(8,11)6-3-4-7(10)12-6/h3-4H,5,11H2,1-2H3. The Morgan fingerprint density at radius 1 is 1.50 bits per heavy atom. The predicted molar refractivity (Wildman–Crippen MR) is 53.6 cm³/mol. The van der Waals surface area contributed by atoms with Crippen molar-refractivity contribution < 1.29 is 0 Å². The summed E-state index contributed by atoms with van der Waals surface area (Å²) in [5.41, 5.74) is 6.36. The molecule has 1 atom stereocenters. The lowest BCUT2D eigenvalue weighted by atomic mass is 10.0. The minimum Gasteiger partial charge on any atom is -0.320 e. The molecule has 0 radical (unpaired) electrons. The number of hydrogen-bond acceptors (Lipinski definition) is 2. The molecule has 0 amide bonds. The Bertz CT molecular complexity index is 318. The van der Waals surface area contributed by atoms with Crippen LogP contribution in [0.4, 0.5) is 0 Å². The molecule has 1 fully saturated rings. The summed E-state index contributed by atoms with van der Waals surface area (Å²) in [5, 5.41) is 0. The topological polar surface area (TPSA) is 26.0 Å². The molecule has 1 aromatic rings. The van der Waals surface area contributed by atoms with Crippen molar-refractivity contribution in [3.05, 3.63) is 21.3 Å². The second-order valence-corrected chi connectivity index (χ2v) is 5.85. The summed E-state index contributed by atoms with van der Waals surface area (Å²) in [5.74, 6) is 0. The van der Waals surface area contributed by atoms with E-state index in [0.717, 1.165) is 10.8 Å². The van der Waals surface area contributed by atoms with Gasteiger partial charge < -0.3 is 5.73 Å².